The molecule has 0 fully saturated rings. The summed E-state index contributed by atoms with van der Waals surface area (Å²) in [7, 11) is 0. The van der Waals surface area contributed by atoms with Gasteiger partial charge in [0.15, 0.2) is 0 Å². The van der Waals surface area contributed by atoms with Crippen molar-refractivity contribution < 1.29 is 9.90 Å². The third-order valence-electron chi connectivity index (χ3n) is 4.71. The summed E-state index contributed by atoms with van der Waals surface area (Å²) in [5.41, 5.74) is 2.37. The number of pyridine rings is 1. The molecule has 4 aromatic rings. The number of hydrogen-bond donors (Lipinski definition) is 3. The number of hydrogen-bond acceptors (Lipinski definition) is 5. The van der Waals surface area contributed by atoms with Gasteiger partial charge in [0.1, 0.15) is 17.8 Å². The van der Waals surface area contributed by atoms with Gasteiger partial charge in [0.05, 0.1) is 29.6 Å². The molecule has 7 nitrogen and oxygen atoms in total. The van der Waals surface area contributed by atoms with Gasteiger partial charge in [-0.15, -0.1) is 0 Å². The number of nitrogens with one attached hydrogen (secondary N) is 2. The Bertz CT molecular complexity index is 1230. The van der Waals surface area contributed by atoms with Gasteiger partial charge in [-0.1, -0.05) is 53.5 Å². The van der Waals surface area contributed by atoms with Crippen LogP contribution in [0.4, 0.5) is 11.5 Å². The van der Waals surface area contributed by atoms with Gasteiger partial charge in [0.25, 0.3) is 5.91 Å². The number of para-hydroxylation sites is 1. The number of amides is 1. The SMILES string of the molecule is O=C(NC(CO)c1cccc(Cl)c1)c1cn(-c2cc(Nc3ccccc3)ncc2Cl)cn1. The first-order valence-electron chi connectivity index (χ1n) is 9.72. The fraction of sp³-hybridized carbons (Fsp3) is 0.0870. The summed E-state index contributed by atoms with van der Waals surface area (Å²) >= 11 is 12.4. The maximum Gasteiger partial charge on any atom is 0.272 e. The first kappa shape index (κ1) is 21.8. The molecule has 0 spiro atoms. The zero-order chi connectivity index (χ0) is 22.5. The predicted molar refractivity (Wildman–Crippen MR) is 125 cm³/mol. The highest BCUT2D eigenvalue weighted by Crippen LogP contribution is 2.25. The van der Waals surface area contributed by atoms with Crippen LogP contribution in [-0.4, -0.2) is 32.2 Å². The third kappa shape index (κ3) is 5.08. The van der Waals surface area contributed by atoms with Gasteiger partial charge in [-0.3, -0.25) is 4.79 Å². The van der Waals surface area contributed by atoms with Crippen molar-refractivity contribution in [3.05, 3.63) is 101 Å². The lowest BCUT2D eigenvalue weighted by Gasteiger charge is -2.16. The minimum Gasteiger partial charge on any atom is -0.394 e. The van der Waals surface area contributed by atoms with E-state index in [2.05, 4.69) is 20.6 Å². The Kier molecular flexibility index (Phi) is 6.70. The van der Waals surface area contributed by atoms with E-state index in [0.29, 0.717) is 27.1 Å². The standard InChI is InChI=1S/C23H19Cl2N5O2/c24-16-6-4-5-15(9-16)20(13-31)29-23(32)19-12-30(14-27-19)21-10-22(26-11-18(21)25)28-17-7-2-1-3-8-17/h1-12,14,20,31H,13H2,(H,26,28)(H,29,32). The van der Waals surface area contributed by atoms with Crippen LogP contribution in [0.2, 0.25) is 10.0 Å². The highest BCUT2D eigenvalue weighted by molar-refractivity contribution is 6.32. The van der Waals surface area contributed by atoms with E-state index in [-0.39, 0.29) is 12.3 Å². The van der Waals surface area contributed by atoms with Gasteiger partial charge in [-0.2, -0.15) is 0 Å². The second kappa shape index (κ2) is 9.82. The molecule has 1 amide bonds. The Morgan fingerprint density at radius 1 is 1.06 bits per heavy atom. The molecule has 2 aromatic heterocycles. The van der Waals surface area contributed by atoms with E-state index in [1.54, 1.807) is 41.1 Å². The number of carbonyl (C=O) groups is 1. The van der Waals surface area contributed by atoms with Gasteiger partial charge < -0.3 is 20.3 Å². The number of benzene rings is 2. The highest BCUT2D eigenvalue weighted by atomic mass is 35.5. The van der Waals surface area contributed by atoms with E-state index in [1.807, 2.05) is 30.3 Å². The Morgan fingerprint density at radius 3 is 2.62 bits per heavy atom. The second-order valence-corrected chi connectivity index (χ2v) is 7.79. The van der Waals surface area contributed by atoms with Crippen molar-refractivity contribution in [3.63, 3.8) is 0 Å². The van der Waals surface area contributed by atoms with Crippen LogP contribution in [0.15, 0.2) is 79.4 Å². The maximum atomic E-state index is 12.7. The fourth-order valence-electron chi connectivity index (χ4n) is 3.13. The number of nitrogens with zero attached hydrogens (tertiary/aromatic N) is 3. The lowest BCUT2D eigenvalue weighted by Crippen LogP contribution is -2.31. The molecule has 9 heteroatoms. The Balaban J connectivity index is 1.53. The van der Waals surface area contributed by atoms with Crippen molar-refractivity contribution in [1.29, 1.82) is 0 Å². The second-order valence-electron chi connectivity index (χ2n) is 6.94. The van der Waals surface area contributed by atoms with Crippen molar-refractivity contribution in [2.45, 2.75) is 6.04 Å². The molecule has 1 atom stereocenters. The smallest absolute Gasteiger partial charge is 0.272 e. The summed E-state index contributed by atoms with van der Waals surface area (Å²) in [5, 5.41) is 16.6. The van der Waals surface area contributed by atoms with Crippen LogP contribution >= 0.6 is 23.2 Å². The molecule has 32 heavy (non-hydrogen) atoms. The molecular weight excluding hydrogens is 449 g/mol. The van der Waals surface area contributed by atoms with Crippen LogP contribution in [0, 0.1) is 0 Å². The van der Waals surface area contributed by atoms with E-state index in [4.69, 9.17) is 23.2 Å². The van der Waals surface area contributed by atoms with Crippen molar-refractivity contribution >= 4 is 40.6 Å². The van der Waals surface area contributed by atoms with E-state index in [0.717, 1.165) is 5.69 Å². The fourth-order valence-corrected chi connectivity index (χ4v) is 3.53. The monoisotopic (exact) mass is 467 g/mol. The zero-order valence-corrected chi connectivity index (χ0v) is 18.3. The molecule has 0 radical (unpaired) electrons. The number of anilines is 2. The molecule has 0 saturated heterocycles. The first-order valence-corrected chi connectivity index (χ1v) is 10.5. The Morgan fingerprint density at radius 2 is 1.88 bits per heavy atom. The normalized spacial score (nSPS) is 11.7. The van der Waals surface area contributed by atoms with E-state index in [9.17, 15) is 9.90 Å². The molecule has 0 saturated carbocycles. The molecule has 3 N–H and O–H groups in total. The van der Waals surface area contributed by atoms with Gasteiger partial charge in [0, 0.05) is 23.0 Å². The summed E-state index contributed by atoms with van der Waals surface area (Å²) in [4.78, 5) is 21.2. The summed E-state index contributed by atoms with van der Waals surface area (Å²) < 4.78 is 1.64. The number of aliphatic hydroxyl groups is 1. The number of halogens is 2. The van der Waals surface area contributed by atoms with Crippen LogP contribution in [-0.2, 0) is 0 Å². The lowest BCUT2D eigenvalue weighted by atomic mass is 10.1. The number of aliphatic hydroxyl groups excluding tert-OH is 1. The van der Waals surface area contributed by atoms with Crippen LogP contribution in [0.5, 0.6) is 0 Å². The molecule has 0 aliphatic heterocycles. The summed E-state index contributed by atoms with van der Waals surface area (Å²) in [6, 6.07) is 17.7. The van der Waals surface area contributed by atoms with Gasteiger partial charge >= 0.3 is 0 Å². The molecule has 0 bridgehead atoms. The number of imidazole rings is 1. The highest BCUT2D eigenvalue weighted by Gasteiger charge is 2.18. The molecule has 0 aliphatic rings. The number of aromatic nitrogens is 3. The van der Waals surface area contributed by atoms with Crippen LogP contribution in [0.25, 0.3) is 5.69 Å². The molecule has 162 valence electrons. The van der Waals surface area contributed by atoms with E-state index in [1.165, 1.54) is 12.5 Å². The van der Waals surface area contributed by atoms with E-state index < -0.39 is 11.9 Å². The van der Waals surface area contributed by atoms with Crippen molar-refractivity contribution in [2.75, 3.05) is 11.9 Å². The van der Waals surface area contributed by atoms with Gasteiger partial charge in [0.2, 0.25) is 0 Å². The van der Waals surface area contributed by atoms with Crippen molar-refractivity contribution in [2.24, 2.45) is 0 Å². The maximum absolute atomic E-state index is 12.7. The molecule has 2 aromatic carbocycles. The number of carbonyl (C=O) groups excluding carboxylic acids is 1. The minimum absolute atomic E-state index is 0.177. The van der Waals surface area contributed by atoms with Crippen LogP contribution < -0.4 is 10.6 Å². The first-order chi connectivity index (χ1) is 15.5. The van der Waals surface area contributed by atoms with Crippen molar-refractivity contribution in [3.8, 4) is 5.69 Å². The number of rotatable bonds is 7. The topological polar surface area (TPSA) is 92.1 Å². The minimum atomic E-state index is -0.613. The summed E-state index contributed by atoms with van der Waals surface area (Å²) in [6.07, 6.45) is 4.59. The van der Waals surface area contributed by atoms with Crippen LogP contribution in [0.3, 0.4) is 0 Å². The zero-order valence-electron chi connectivity index (χ0n) is 16.7. The van der Waals surface area contributed by atoms with Crippen molar-refractivity contribution in [1.82, 2.24) is 19.9 Å². The van der Waals surface area contributed by atoms with E-state index >= 15 is 0 Å². The third-order valence-corrected chi connectivity index (χ3v) is 5.24. The Labute approximate surface area is 194 Å². The summed E-state index contributed by atoms with van der Waals surface area (Å²) in [6.45, 7) is -0.280. The molecule has 0 aliphatic carbocycles. The molecule has 2 heterocycles. The predicted octanol–water partition coefficient (Wildman–Crippen LogP) is 4.78. The van der Waals surface area contributed by atoms with Gasteiger partial charge in [-0.05, 0) is 29.8 Å². The molecule has 1 unspecified atom stereocenters. The quantitative estimate of drug-likeness (QED) is 0.363. The Hall–Kier alpha value is -3.39. The molecular formula is C23H19Cl2N5O2. The van der Waals surface area contributed by atoms with Crippen LogP contribution in [0.1, 0.15) is 22.1 Å². The van der Waals surface area contributed by atoms with Gasteiger partial charge in [-0.25, -0.2) is 9.97 Å². The largest absolute Gasteiger partial charge is 0.394 e. The summed E-state index contributed by atoms with van der Waals surface area (Å²) in [5.74, 6) is 0.159. The lowest BCUT2D eigenvalue weighted by molar-refractivity contribution is 0.0911. The average molecular weight is 468 g/mol. The molecule has 4 rings (SSSR count). The average Bonchev–Trinajstić information content (AvgIpc) is 3.29.